The number of aryl methyl sites for hydroxylation is 1. The number of carbonyl (C=O) groups is 2. The maximum atomic E-state index is 14.5. The Hall–Kier alpha value is -3.52. The van der Waals surface area contributed by atoms with Crippen LogP contribution in [0.4, 0.5) is 10.5 Å². The van der Waals surface area contributed by atoms with Gasteiger partial charge in [0.05, 0.1) is 5.56 Å². The van der Waals surface area contributed by atoms with Crippen molar-refractivity contribution >= 4 is 17.7 Å². The van der Waals surface area contributed by atoms with Crippen LogP contribution in [-0.4, -0.2) is 48.0 Å². The van der Waals surface area contributed by atoms with Gasteiger partial charge < -0.3 is 20.3 Å². The molecule has 0 heterocycles. The summed E-state index contributed by atoms with van der Waals surface area (Å²) in [6, 6.07) is 23.5. The largest absolute Gasteiger partial charge is 0.529 e. The van der Waals surface area contributed by atoms with Crippen LogP contribution >= 0.6 is 0 Å². The Morgan fingerprint density at radius 1 is 1.00 bits per heavy atom. The third-order valence-corrected chi connectivity index (χ3v) is 6.88. The number of imide groups is 1. The molecule has 0 saturated heterocycles. The Kier molecular flexibility index (Phi) is 8.85. The molecule has 7 heteroatoms. The van der Waals surface area contributed by atoms with Crippen LogP contribution in [0.1, 0.15) is 55.1 Å². The van der Waals surface area contributed by atoms with Gasteiger partial charge in [0.2, 0.25) is 0 Å². The quantitative estimate of drug-likeness (QED) is 0.312. The number of amides is 2. The molecule has 3 N–H and O–H groups in total. The standard InChI is InChI=1S/C32H39N2O5/c1-32(2,3)39-31(37)34(27-13-6-4-7-14-27,21-28(35)22-38-29-15-8-5-9-16-29)30(36)24-18-17-23-11-10-12-26(33)20-25(23)19-24/h4-9,13-19,26,28,35H,10-12,20-22,33H2,1-3H3/q+1/t26?,28-,34?/m0/s1. The Morgan fingerprint density at radius 3 is 2.33 bits per heavy atom. The lowest BCUT2D eigenvalue weighted by Crippen LogP contribution is -2.63. The normalized spacial score (nSPS) is 17.7. The molecule has 2 amide bonds. The number of quaternary nitrogens is 1. The summed E-state index contributed by atoms with van der Waals surface area (Å²) in [5.74, 6) is 0.106. The molecule has 0 saturated carbocycles. The molecule has 0 bridgehead atoms. The molecule has 206 valence electrons. The molecule has 7 nitrogen and oxygen atoms in total. The lowest BCUT2D eigenvalue weighted by atomic mass is 9.98. The SMILES string of the molecule is CC(C)(C)OC(=O)[N+](C[C@H](O)COc1ccccc1)(C(=O)c1ccc2c(c1)CC(N)CCC2)c1ccccc1. The van der Waals surface area contributed by atoms with E-state index in [2.05, 4.69) is 0 Å². The number of fused-ring (bicyclic) bond motifs is 1. The van der Waals surface area contributed by atoms with Crippen molar-refractivity contribution in [3.8, 4) is 5.75 Å². The van der Waals surface area contributed by atoms with Gasteiger partial charge in [-0.15, -0.1) is 4.48 Å². The topological polar surface area (TPSA) is 98.9 Å². The Balaban J connectivity index is 1.77. The highest BCUT2D eigenvalue weighted by Crippen LogP contribution is 2.32. The van der Waals surface area contributed by atoms with Crippen molar-refractivity contribution in [2.75, 3.05) is 13.2 Å². The maximum Gasteiger partial charge on any atom is 0.529 e. The summed E-state index contributed by atoms with van der Waals surface area (Å²) in [6.07, 6.45) is 1.57. The number of rotatable bonds is 7. The molecule has 0 aromatic heterocycles. The Morgan fingerprint density at radius 2 is 1.67 bits per heavy atom. The third-order valence-electron chi connectivity index (χ3n) is 6.88. The van der Waals surface area contributed by atoms with Gasteiger partial charge in [0.1, 0.15) is 30.6 Å². The van der Waals surface area contributed by atoms with Gasteiger partial charge in [0.25, 0.3) is 0 Å². The molecule has 1 aliphatic carbocycles. The Bertz CT molecular complexity index is 1270. The smallest absolute Gasteiger partial charge is 0.491 e. The number of aliphatic hydroxyl groups excluding tert-OH is 1. The molecule has 1 aliphatic rings. The summed E-state index contributed by atoms with van der Waals surface area (Å²) in [5.41, 5.74) is 8.42. The highest BCUT2D eigenvalue weighted by Gasteiger charge is 2.52. The predicted molar refractivity (Wildman–Crippen MR) is 153 cm³/mol. The molecule has 0 radical (unpaired) electrons. The first kappa shape index (κ1) is 28.5. The van der Waals surface area contributed by atoms with Gasteiger partial charge >= 0.3 is 12.0 Å². The van der Waals surface area contributed by atoms with E-state index in [0.29, 0.717) is 23.4 Å². The maximum absolute atomic E-state index is 14.5. The van der Waals surface area contributed by atoms with E-state index >= 15 is 0 Å². The lowest BCUT2D eigenvalue weighted by molar-refractivity contribution is 0.0119. The zero-order chi connectivity index (χ0) is 28.0. The van der Waals surface area contributed by atoms with E-state index in [4.69, 9.17) is 15.2 Å². The molecular formula is C32H39N2O5+. The van der Waals surface area contributed by atoms with Crippen molar-refractivity contribution in [1.29, 1.82) is 0 Å². The van der Waals surface area contributed by atoms with E-state index in [1.165, 1.54) is 5.56 Å². The lowest BCUT2D eigenvalue weighted by Gasteiger charge is -2.35. The van der Waals surface area contributed by atoms with Gasteiger partial charge in [0.15, 0.2) is 5.69 Å². The minimum atomic E-state index is -1.16. The van der Waals surface area contributed by atoms with Gasteiger partial charge in [-0.25, -0.2) is 4.79 Å². The first-order valence-corrected chi connectivity index (χ1v) is 13.5. The number of ether oxygens (including phenoxy) is 2. The molecule has 2 unspecified atom stereocenters. The van der Waals surface area contributed by atoms with Crippen LogP contribution < -0.4 is 15.0 Å². The fraction of sp³-hybridized carbons (Fsp3) is 0.375. The molecule has 3 atom stereocenters. The number of aliphatic hydroxyl groups is 1. The molecule has 0 aliphatic heterocycles. The van der Waals surface area contributed by atoms with Gasteiger partial charge in [-0.2, -0.15) is 4.79 Å². The van der Waals surface area contributed by atoms with E-state index in [1.54, 1.807) is 63.2 Å². The van der Waals surface area contributed by atoms with Crippen LogP contribution in [0.3, 0.4) is 0 Å². The fourth-order valence-corrected chi connectivity index (χ4v) is 5.02. The van der Waals surface area contributed by atoms with Crippen LogP contribution in [-0.2, 0) is 17.6 Å². The summed E-state index contributed by atoms with van der Waals surface area (Å²) in [5, 5.41) is 11.2. The number of benzene rings is 3. The molecule has 4 rings (SSSR count). The Labute approximate surface area is 230 Å². The highest BCUT2D eigenvalue weighted by molar-refractivity contribution is 6.14. The van der Waals surface area contributed by atoms with E-state index in [0.717, 1.165) is 24.8 Å². The monoisotopic (exact) mass is 531 g/mol. The number of nitrogens with two attached hydrogens (primary N) is 1. The first-order chi connectivity index (χ1) is 18.6. The highest BCUT2D eigenvalue weighted by atomic mass is 16.6. The summed E-state index contributed by atoms with van der Waals surface area (Å²) in [6.45, 7) is 4.91. The summed E-state index contributed by atoms with van der Waals surface area (Å²) < 4.78 is 10.8. The average molecular weight is 532 g/mol. The average Bonchev–Trinajstić information content (AvgIpc) is 3.10. The van der Waals surface area contributed by atoms with Crippen molar-refractivity contribution < 1.29 is 24.2 Å². The van der Waals surface area contributed by atoms with Gasteiger partial charge in [-0.1, -0.05) is 42.5 Å². The number of carbonyl (C=O) groups excluding carboxylic acids is 2. The van der Waals surface area contributed by atoms with Crippen LogP contribution in [0.15, 0.2) is 78.9 Å². The van der Waals surface area contributed by atoms with Crippen LogP contribution in [0, 0.1) is 0 Å². The second-order valence-electron chi connectivity index (χ2n) is 11.2. The van der Waals surface area contributed by atoms with Crippen molar-refractivity contribution in [1.82, 2.24) is 4.48 Å². The zero-order valence-electron chi connectivity index (χ0n) is 23.0. The van der Waals surface area contributed by atoms with E-state index in [-0.39, 0.29) is 19.2 Å². The minimum Gasteiger partial charge on any atom is -0.491 e. The van der Waals surface area contributed by atoms with Gasteiger partial charge in [-0.05, 0) is 81.8 Å². The predicted octanol–water partition coefficient (Wildman–Crippen LogP) is 5.42. The molecule has 39 heavy (non-hydrogen) atoms. The number of hydrogen-bond acceptors (Lipinski definition) is 6. The van der Waals surface area contributed by atoms with Crippen molar-refractivity contribution in [2.45, 2.75) is 64.2 Å². The summed E-state index contributed by atoms with van der Waals surface area (Å²) in [7, 11) is 0. The number of nitrogens with zero attached hydrogens (tertiary/aromatic N) is 1. The van der Waals surface area contributed by atoms with E-state index in [9.17, 15) is 14.7 Å². The number of hydrogen-bond donors (Lipinski definition) is 2. The minimum absolute atomic E-state index is 0.0211. The molecule has 3 aromatic carbocycles. The molecule has 3 aromatic rings. The zero-order valence-corrected chi connectivity index (χ0v) is 23.0. The second-order valence-corrected chi connectivity index (χ2v) is 11.2. The molecule has 0 fully saturated rings. The van der Waals surface area contributed by atoms with E-state index in [1.807, 2.05) is 36.4 Å². The van der Waals surface area contributed by atoms with Gasteiger partial charge in [0, 0.05) is 18.2 Å². The summed E-state index contributed by atoms with van der Waals surface area (Å²) in [4.78, 5) is 28.6. The van der Waals surface area contributed by atoms with Crippen LogP contribution in [0.5, 0.6) is 5.75 Å². The summed E-state index contributed by atoms with van der Waals surface area (Å²) >= 11 is 0. The van der Waals surface area contributed by atoms with E-state index < -0.39 is 28.2 Å². The van der Waals surface area contributed by atoms with Crippen molar-refractivity contribution in [2.24, 2.45) is 5.73 Å². The molecule has 0 spiro atoms. The van der Waals surface area contributed by atoms with Gasteiger partial charge in [-0.3, -0.25) is 0 Å². The molecular weight excluding hydrogens is 492 g/mol. The second kappa shape index (κ2) is 12.1. The van der Waals surface area contributed by atoms with Crippen LogP contribution in [0.2, 0.25) is 0 Å². The third kappa shape index (κ3) is 6.92. The van der Waals surface area contributed by atoms with Crippen molar-refractivity contribution in [3.63, 3.8) is 0 Å². The fourth-order valence-electron chi connectivity index (χ4n) is 5.02. The van der Waals surface area contributed by atoms with Crippen molar-refractivity contribution in [3.05, 3.63) is 95.6 Å². The first-order valence-electron chi connectivity index (χ1n) is 13.5. The van der Waals surface area contributed by atoms with Crippen LogP contribution in [0.25, 0.3) is 0 Å². The number of para-hydroxylation sites is 2.